The lowest BCUT2D eigenvalue weighted by molar-refractivity contribution is -0.137. The lowest BCUT2D eigenvalue weighted by Crippen LogP contribution is -2.20. The Balaban J connectivity index is 1.74. The zero-order chi connectivity index (χ0) is 19.2. The van der Waals surface area contributed by atoms with Gasteiger partial charge in [-0.3, -0.25) is 4.79 Å². The van der Waals surface area contributed by atoms with Crippen molar-refractivity contribution < 1.29 is 18.7 Å². The molecule has 27 heavy (non-hydrogen) atoms. The van der Waals surface area contributed by atoms with Crippen molar-refractivity contribution in [2.24, 2.45) is 0 Å². The number of hydrogen-bond acceptors (Lipinski definition) is 5. The molecule has 0 aliphatic heterocycles. The Morgan fingerprint density at radius 2 is 1.85 bits per heavy atom. The molecule has 1 amide bonds. The number of fused-ring (bicyclic) bond motifs is 1. The first-order valence-corrected chi connectivity index (χ1v) is 8.36. The second kappa shape index (κ2) is 8.14. The molecule has 0 bridgehead atoms. The summed E-state index contributed by atoms with van der Waals surface area (Å²) < 4.78 is 9.99. The van der Waals surface area contributed by atoms with Gasteiger partial charge in [0.15, 0.2) is 0 Å². The average Bonchev–Trinajstić information content (AvgIpc) is 2.67. The minimum Gasteiger partial charge on any atom is -0.463 e. The van der Waals surface area contributed by atoms with Crippen molar-refractivity contribution in [2.45, 2.75) is 6.92 Å². The van der Waals surface area contributed by atoms with Crippen molar-refractivity contribution in [2.75, 3.05) is 11.9 Å². The molecule has 0 atom stereocenters. The smallest absolute Gasteiger partial charge is 0.349 e. The van der Waals surface area contributed by atoms with E-state index in [4.69, 9.17) is 9.15 Å². The molecule has 3 rings (SSSR count). The highest BCUT2D eigenvalue weighted by atomic mass is 16.5. The monoisotopic (exact) mass is 363 g/mol. The minimum atomic E-state index is -0.694. The number of carbonyl (C=O) groups excluding carboxylic acids is 2. The van der Waals surface area contributed by atoms with E-state index in [0.717, 1.165) is 5.56 Å². The van der Waals surface area contributed by atoms with Gasteiger partial charge in [-0.15, -0.1) is 0 Å². The largest absolute Gasteiger partial charge is 0.463 e. The topological polar surface area (TPSA) is 85.6 Å². The Morgan fingerprint density at radius 1 is 1.11 bits per heavy atom. The molecule has 0 radical (unpaired) electrons. The van der Waals surface area contributed by atoms with E-state index in [1.165, 1.54) is 12.1 Å². The molecule has 1 heterocycles. The van der Waals surface area contributed by atoms with Crippen molar-refractivity contribution >= 4 is 34.6 Å². The summed E-state index contributed by atoms with van der Waals surface area (Å²) >= 11 is 0. The summed E-state index contributed by atoms with van der Waals surface area (Å²) in [6.07, 6.45) is 2.94. The Morgan fingerprint density at radius 3 is 2.59 bits per heavy atom. The maximum Gasteiger partial charge on any atom is 0.349 e. The van der Waals surface area contributed by atoms with Gasteiger partial charge in [-0.05, 0) is 42.8 Å². The summed E-state index contributed by atoms with van der Waals surface area (Å²) in [6.45, 7) is 2.05. The predicted octanol–water partition coefficient (Wildman–Crippen LogP) is 3.62. The maximum atomic E-state index is 12.4. The van der Waals surface area contributed by atoms with E-state index in [1.807, 2.05) is 0 Å². The summed E-state index contributed by atoms with van der Waals surface area (Å²) in [5, 5.41) is 3.33. The van der Waals surface area contributed by atoms with Gasteiger partial charge in [-0.2, -0.15) is 0 Å². The number of nitrogens with one attached hydrogen (secondary N) is 1. The number of anilines is 1. The fourth-order valence-electron chi connectivity index (χ4n) is 2.45. The first-order valence-electron chi connectivity index (χ1n) is 8.36. The molecule has 0 unspecified atom stereocenters. The molecule has 0 aliphatic carbocycles. The van der Waals surface area contributed by atoms with E-state index in [1.54, 1.807) is 61.5 Å². The van der Waals surface area contributed by atoms with E-state index in [2.05, 4.69) is 5.32 Å². The van der Waals surface area contributed by atoms with Gasteiger partial charge in [0, 0.05) is 17.1 Å². The number of amides is 1. The van der Waals surface area contributed by atoms with Gasteiger partial charge in [0.1, 0.15) is 11.1 Å². The van der Waals surface area contributed by atoms with Gasteiger partial charge in [-0.25, -0.2) is 9.59 Å². The SMILES string of the molecule is CCOC(=O)/C=C/c1ccc(NC(=O)c2cc3ccccc3oc2=O)cc1. The predicted molar refractivity (Wildman–Crippen MR) is 103 cm³/mol. The summed E-state index contributed by atoms with van der Waals surface area (Å²) in [7, 11) is 0. The molecule has 6 nitrogen and oxygen atoms in total. The number of benzene rings is 2. The molecule has 2 aromatic carbocycles. The molecular formula is C21H17NO5. The van der Waals surface area contributed by atoms with Gasteiger partial charge in [0.2, 0.25) is 0 Å². The van der Waals surface area contributed by atoms with E-state index in [-0.39, 0.29) is 5.56 Å². The van der Waals surface area contributed by atoms with Crippen molar-refractivity contribution in [1.82, 2.24) is 0 Å². The molecule has 0 saturated carbocycles. The summed E-state index contributed by atoms with van der Waals surface area (Å²) in [5.41, 5.74) is 0.948. The lowest BCUT2D eigenvalue weighted by atomic mass is 10.1. The molecule has 3 aromatic rings. The Labute approximate surface area is 155 Å². The Kier molecular flexibility index (Phi) is 5.47. The van der Waals surface area contributed by atoms with Crippen LogP contribution in [0.25, 0.3) is 17.0 Å². The molecule has 0 fully saturated rings. The Hall–Kier alpha value is -3.67. The number of hydrogen-bond donors (Lipinski definition) is 1. The van der Waals surface area contributed by atoms with E-state index >= 15 is 0 Å². The highest BCUT2D eigenvalue weighted by Crippen LogP contribution is 2.15. The summed E-state index contributed by atoms with van der Waals surface area (Å²) in [5.74, 6) is -0.970. The van der Waals surface area contributed by atoms with Crippen LogP contribution in [0.1, 0.15) is 22.8 Å². The number of esters is 1. The van der Waals surface area contributed by atoms with E-state index in [9.17, 15) is 14.4 Å². The zero-order valence-electron chi connectivity index (χ0n) is 14.6. The molecule has 1 aromatic heterocycles. The van der Waals surface area contributed by atoms with Gasteiger partial charge < -0.3 is 14.5 Å². The van der Waals surface area contributed by atoms with Crippen LogP contribution >= 0.6 is 0 Å². The lowest BCUT2D eigenvalue weighted by Gasteiger charge is -2.05. The van der Waals surface area contributed by atoms with Crippen LogP contribution in [0.3, 0.4) is 0 Å². The molecule has 0 saturated heterocycles. The van der Waals surface area contributed by atoms with Crippen LogP contribution in [0.5, 0.6) is 0 Å². The Bertz CT molecular complexity index is 1060. The normalized spacial score (nSPS) is 10.9. The summed E-state index contributed by atoms with van der Waals surface area (Å²) in [4.78, 5) is 35.8. The fraction of sp³-hybridized carbons (Fsp3) is 0.0952. The fourth-order valence-corrected chi connectivity index (χ4v) is 2.45. The zero-order valence-corrected chi connectivity index (χ0v) is 14.6. The van der Waals surface area contributed by atoms with Crippen LogP contribution in [-0.4, -0.2) is 18.5 Å². The number of para-hydroxylation sites is 1. The molecule has 6 heteroatoms. The third kappa shape index (κ3) is 4.49. The number of carbonyl (C=O) groups is 2. The van der Waals surface area contributed by atoms with E-state index in [0.29, 0.717) is 23.3 Å². The average molecular weight is 363 g/mol. The third-order valence-corrected chi connectivity index (χ3v) is 3.75. The molecule has 1 N–H and O–H groups in total. The second-order valence-corrected chi connectivity index (χ2v) is 5.65. The number of rotatable bonds is 5. The maximum absolute atomic E-state index is 12.4. The first kappa shape index (κ1) is 18.1. The quantitative estimate of drug-likeness (QED) is 0.425. The summed E-state index contributed by atoms with van der Waals surface area (Å²) in [6, 6.07) is 15.3. The van der Waals surface area contributed by atoms with Crippen LogP contribution in [-0.2, 0) is 9.53 Å². The van der Waals surface area contributed by atoms with E-state index < -0.39 is 17.5 Å². The van der Waals surface area contributed by atoms with Gasteiger partial charge in [-0.1, -0.05) is 30.3 Å². The van der Waals surface area contributed by atoms with Gasteiger partial charge >= 0.3 is 11.6 Å². The van der Waals surface area contributed by atoms with Crippen LogP contribution in [0.4, 0.5) is 5.69 Å². The van der Waals surface area contributed by atoms with Gasteiger partial charge in [0.05, 0.1) is 6.61 Å². The van der Waals surface area contributed by atoms with Crippen molar-refractivity contribution in [3.8, 4) is 0 Å². The van der Waals surface area contributed by atoms with Crippen molar-refractivity contribution in [1.29, 1.82) is 0 Å². The van der Waals surface area contributed by atoms with Crippen LogP contribution in [0.2, 0.25) is 0 Å². The first-order chi connectivity index (χ1) is 13.1. The molecule has 0 spiro atoms. The van der Waals surface area contributed by atoms with Crippen molar-refractivity contribution in [3.05, 3.63) is 82.2 Å². The number of ether oxygens (including phenoxy) is 1. The van der Waals surface area contributed by atoms with Crippen LogP contribution in [0.15, 0.2) is 69.9 Å². The van der Waals surface area contributed by atoms with Gasteiger partial charge in [0.25, 0.3) is 5.91 Å². The third-order valence-electron chi connectivity index (χ3n) is 3.75. The van der Waals surface area contributed by atoms with Crippen LogP contribution < -0.4 is 10.9 Å². The highest BCUT2D eigenvalue weighted by molar-refractivity contribution is 6.05. The standard InChI is InChI=1S/C21H17NO5/c1-2-26-19(23)12-9-14-7-10-16(11-8-14)22-20(24)17-13-15-5-3-4-6-18(15)27-21(17)25/h3-13H,2H2,1H3,(H,22,24)/b12-9+. The highest BCUT2D eigenvalue weighted by Gasteiger charge is 2.13. The second-order valence-electron chi connectivity index (χ2n) is 5.65. The molecule has 0 aliphatic rings. The minimum absolute atomic E-state index is 0.0695. The molecule has 136 valence electrons. The van der Waals surface area contributed by atoms with Crippen molar-refractivity contribution in [3.63, 3.8) is 0 Å². The van der Waals surface area contributed by atoms with Crippen LogP contribution in [0, 0.1) is 0 Å². The molecular weight excluding hydrogens is 346 g/mol.